The molecular weight excluding hydrogens is 309 g/mol. The number of thiazole rings is 1. The van der Waals surface area contributed by atoms with E-state index in [0.29, 0.717) is 20.9 Å². The highest BCUT2D eigenvalue weighted by Crippen LogP contribution is 2.29. The summed E-state index contributed by atoms with van der Waals surface area (Å²) < 4.78 is 13.4. The van der Waals surface area contributed by atoms with Gasteiger partial charge in [0.15, 0.2) is 5.13 Å². The predicted octanol–water partition coefficient (Wildman–Crippen LogP) is 3.60. The van der Waals surface area contributed by atoms with Crippen molar-refractivity contribution in [3.8, 4) is 0 Å². The van der Waals surface area contributed by atoms with E-state index >= 15 is 0 Å². The molecular formula is C14H8FN3O3S. The zero-order chi connectivity index (χ0) is 15.7. The highest BCUT2D eigenvalue weighted by molar-refractivity contribution is 7.22. The maximum absolute atomic E-state index is 12.8. The van der Waals surface area contributed by atoms with Crippen molar-refractivity contribution in [3.05, 3.63) is 64.0 Å². The Balaban J connectivity index is 1.86. The van der Waals surface area contributed by atoms with Crippen LogP contribution in [-0.2, 0) is 0 Å². The monoisotopic (exact) mass is 317 g/mol. The lowest BCUT2D eigenvalue weighted by Crippen LogP contribution is -2.11. The molecule has 0 aliphatic carbocycles. The highest BCUT2D eigenvalue weighted by atomic mass is 32.1. The molecule has 1 aromatic heterocycles. The number of hydrogen-bond donors (Lipinski definition) is 1. The normalized spacial score (nSPS) is 10.6. The molecule has 0 aliphatic rings. The number of anilines is 1. The van der Waals surface area contributed by atoms with Crippen molar-refractivity contribution >= 4 is 38.3 Å². The second-order valence-electron chi connectivity index (χ2n) is 4.39. The van der Waals surface area contributed by atoms with Gasteiger partial charge in [-0.25, -0.2) is 9.37 Å². The number of nitro benzene ring substituents is 1. The lowest BCUT2D eigenvalue weighted by molar-refractivity contribution is -0.384. The molecule has 0 atom stereocenters. The van der Waals surface area contributed by atoms with Crippen molar-refractivity contribution < 1.29 is 14.1 Å². The largest absolute Gasteiger partial charge is 0.298 e. The molecule has 0 aliphatic heterocycles. The number of rotatable bonds is 3. The van der Waals surface area contributed by atoms with E-state index < -0.39 is 16.6 Å². The topological polar surface area (TPSA) is 85.1 Å². The van der Waals surface area contributed by atoms with Gasteiger partial charge in [-0.3, -0.25) is 20.2 Å². The number of aromatic nitrogens is 1. The lowest BCUT2D eigenvalue weighted by Gasteiger charge is -2.00. The van der Waals surface area contributed by atoms with Crippen LogP contribution in [0.4, 0.5) is 15.2 Å². The third kappa shape index (κ3) is 2.77. The van der Waals surface area contributed by atoms with Crippen LogP contribution in [0, 0.1) is 15.9 Å². The fraction of sp³-hybridized carbons (Fsp3) is 0. The Hall–Kier alpha value is -2.87. The Morgan fingerprint density at radius 3 is 2.64 bits per heavy atom. The van der Waals surface area contributed by atoms with Gasteiger partial charge in [0.2, 0.25) is 0 Å². The summed E-state index contributed by atoms with van der Waals surface area (Å²) in [7, 11) is 0. The van der Waals surface area contributed by atoms with Crippen molar-refractivity contribution in [2.45, 2.75) is 0 Å². The minimum absolute atomic E-state index is 0.0347. The third-order valence-corrected chi connectivity index (χ3v) is 3.84. The molecule has 3 aromatic rings. The molecule has 6 nitrogen and oxygen atoms in total. The Morgan fingerprint density at radius 1 is 1.23 bits per heavy atom. The molecule has 22 heavy (non-hydrogen) atoms. The van der Waals surface area contributed by atoms with Crippen molar-refractivity contribution in [2.24, 2.45) is 0 Å². The second kappa shape index (κ2) is 5.49. The molecule has 1 amide bonds. The van der Waals surface area contributed by atoms with Crippen molar-refractivity contribution in [3.63, 3.8) is 0 Å². The fourth-order valence-corrected chi connectivity index (χ4v) is 2.74. The minimum atomic E-state index is -0.490. The number of fused-ring (bicyclic) bond motifs is 1. The van der Waals surface area contributed by atoms with E-state index in [0.717, 1.165) is 11.3 Å². The first-order valence-corrected chi connectivity index (χ1v) is 6.96. The van der Waals surface area contributed by atoms with Gasteiger partial charge >= 0.3 is 0 Å². The molecule has 1 N–H and O–H groups in total. The molecule has 0 unspecified atom stereocenters. The van der Waals surface area contributed by atoms with Crippen LogP contribution in [0.5, 0.6) is 0 Å². The fourth-order valence-electron chi connectivity index (χ4n) is 1.85. The van der Waals surface area contributed by atoms with Crippen molar-refractivity contribution in [1.29, 1.82) is 0 Å². The predicted molar refractivity (Wildman–Crippen MR) is 80.6 cm³/mol. The molecule has 110 valence electrons. The van der Waals surface area contributed by atoms with Gasteiger partial charge in [-0.15, -0.1) is 0 Å². The maximum Gasteiger partial charge on any atom is 0.270 e. The number of nitrogens with one attached hydrogen (secondary N) is 1. The number of non-ortho nitro benzene ring substituents is 1. The zero-order valence-corrected chi connectivity index (χ0v) is 11.8. The van der Waals surface area contributed by atoms with Gasteiger partial charge in [0.05, 0.1) is 15.1 Å². The highest BCUT2D eigenvalue weighted by Gasteiger charge is 2.13. The smallest absolute Gasteiger partial charge is 0.270 e. The first-order valence-electron chi connectivity index (χ1n) is 6.15. The second-order valence-corrected chi connectivity index (χ2v) is 5.42. The molecule has 8 heteroatoms. The molecule has 2 aromatic carbocycles. The lowest BCUT2D eigenvalue weighted by atomic mass is 10.2. The zero-order valence-electron chi connectivity index (χ0n) is 10.9. The number of benzene rings is 2. The van der Waals surface area contributed by atoms with Gasteiger partial charge in [-0.1, -0.05) is 11.3 Å². The van der Waals surface area contributed by atoms with Gasteiger partial charge in [0.1, 0.15) is 5.82 Å². The molecule has 0 spiro atoms. The summed E-state index contributed by atoms with van der Waals surface area (Å²) in [6.07, 6.45) is 0. The van der Waals surface area contributed by atoms with E-state index in [1.165, 1.54) is 42.5 Å². The number of amides is 1. The molecule has 0 bridgehead atoms. The van der Waals surface area contributed by atoms with Crippen LogP contribution in [0.25, 0.3) is 10.2 Å². The summed E-state index contributed by atoms with van der Waals surface area (Å²) in [5.74, 6) is -0.850. The Bertz CT molecular complexity index is 877. The van der Waals surface area contributed by atoms with E-state index in [9.17, 15) is 19.3 Å². The van der Waals surface area contributed by atoms with Gasteiger partial charge in [0.25, 0.3) is 11.6 Å². The van der Waals surface area contributed by atoms with E-state index in [1.807, 2.05) is 0 Å². The Kier molecular flexibility index (Phi) is 3.51. The van der Waals surface area contributed by atoms with Gasteiger partial charge < -0.3 is 0 Å². The summed E-state index contributed by atoms with van der Waals surface area (Å²) in [5.41, 5.74) is 0.823. The van der Waals surface area contributed by atoms with Crippen LogP contribution in [0.3, 0.4) is 0 Å². The molecule has 1 heterocycles. The average Bonchev–Trinajstić information content (AvgIpc) is 2.88. The quantitative estimate of drug-likeness (QED) is 0.591. The minimum Gasteiger partial charge on any atom is -0.298 e. The van der Waals surface area contributed by atoms with Crippen LogP contribution < -0.4 is 5.32 Å². The van der Waals surface area contributed by atoms with E-state index in [2.05, 4.69) is 10.3 Å². The first-order chi connectivity index (χ1) is 10.5. The van der Waals surface area contributed by atoms with Crippen molar-refractivity contribution in [2.75, 3.05) is 5.32 Å². The molecule has 3 rings (SSSR count). The summed E-state index contributed by atoms with van der Waals surface area (Å²) >= 11 is 1.13. The molecule has 0 saturated carbocycles. The number of carbonyl (C=O) groups is 1. The number of halogens is 1. The number of nitro groups is 1. The van der Waals surface area contributed by atoms with E-state index in [4.69, 9.17) is 0 Å². The van der Waals surface area contributed by atoms with Gasteiger partial charge in [-0.05, 0) is 30.3 Å². The Morgan fingerprint density at radius 2 is 1.95 bits per heavy atom. The van der Waals surface area contributed by atoms with Gasteiger partial charge in [0, 0.05) is 17.7 Å². The molecule has 0 saturated heterocycles. The average molecular weight is 317 g/mol. The van der Waals surface area contributed by atoms with Crippen molar-refractivity contribution in [1.82, 2.24) is 4.98 Å². The summed E-state index contributed by atoms with van der Waals surface area (Å²) in [6.45, 7) is 0. The summed E-state index contributed by atoms with van der Waals surface area (Å²) in [5, 5.41) is 13.6. The number of nitrogens with zero attached hydrogens (tertiary/aromatic N) is 2. The van der Waals surface area contributed by atoms with Gasteiger partial charge in [-0.2, -0.15) is 0 Å². The summed E-state index contributed by atoms with van der Waals surface area (Å²) in [4.78, 5) is 26.4. The van der Waals surface area contributed by atoms with Crippen LogP contribution >= 0.6 is 11.3 Å². The number of carbonyl (C=O) groups excluding carboxylic acids is 1. The van der Waals surface area contributed by atoms with E-state index in [1.54, 1.807) is 0 Å². The Labute approximate surface area is 127 Å². The SMILES string of the molecule is O=C(Nc1nc2ccc([N+](=O)[O-])cc2s1)c1ccc(F)cc1. The molecule has 0 radical (unpaired) electrons. The molecule has 0 fully saturated rings. The van der Waals surface area contributed by atoms with Crippen LogP contribution in [0.1, 0.15) is 10.4 Å². The van der Waals surface area contributed by atoms with E-state index in [-0.39, 0.29) is 5.69 Å². The third-order valence-electron chi connectivity index (χ3n) is 2.91. The standard InChI is InChI=1S/C14H8FN3O3S/c15-9-3-1-8(2-4-9)13(19)17-14-16-11-6-5-10(18(20)21)7-12(11)22-14/h1-7H,(H,16,17,19). The summed E-state index contributed by atoms with van der Waals surface area (Å²) in [6, 6.07) is 9.39. The maximum atomic E-state index is 12.8. The number of hydrogen-bond acceptors (Lipinski definition) is 5. The van der Waals surface area contributed by atoms with Crippen LogP contribution in [0.2, 0.25) is 0 Å². The van der Waals surface area contributed by atoms with Crippen LogP contribution in [-0.4, -0.2) is 15.8 Å². The van der Waals surface area contributed by atoms with Crippen LogP contribution in [0.15, 0.2) is 42.5 Å². The first kappa shape index (κ1) is 14.1.